The molecule has 3 aromatic carbocycles. The van der Waals surface area contributed by atoms with Gasteiger partial charge in [-0.25, -0.2) is 9.78 Å². The highest BCUT2D eigenvalue weighted by molar-refractivity contribution is 5.87. The Hall–Kier alpha value is -4.92. The summed E-state index contributed by atoms with van der Waals surface area (Å²) >= 11 is 0. The summed E-state index contributed by atoms with van der Waals surface area (Å²) in [4.78, 5) is 32.2. The SMILES string of the molecule is COC(=O)[C@@H](C)Oc1cc(N(C)C)ccc1C=Nn1c(-c2cc3ccccc3o2)nc2ccccc2c1=O. The van der Waals surface area contributed by atoms with E-state index in [9.17, 15) is 9.59 Å². The van der Waals surface area contributed by atoms with Crippen LogP contribution in [-0.2, 0) is 9.53 Å². The lowest BCUT2D eigenvalue weighted by atomic mass is 10.2. The smallest absolute Gasteiger partial charge is 0.346 e. The van der Waals surface area contributed by atoms with Crippen LogP contribution in [0.15, 0.2) is 87.1 Å². The maximum absolute atomic E-state index is 13.6. The van der Waals surface area contributed by atoms with Gasteiger partial charge in [0, 0.05) is 36.8 Å². The van der Waals surface area contributed by atoms with Gasteiger partial charge in [0.15, 0.2) is 11.9 Å². The summed E-state index contributed by atoms with van der Waals surface area (Å²) in [5.41, 5.74) is 2.28. The first-order valence-corrected chi connectivity index (χ1v) is 12.0. The quantitative estimate of drug-likeness (QED) is 0.231. The number of furan rings is 1. The second kappa shape index (κ2) is 10.2. The maximum atomic E-state index is 13.6. The largest absolute Gasteiger partial charge is 0.478 e. The van der Waals surface area contributed by atoms with E-state index in [-0.39, 0.29) is 11.4 Å². The third kappa shape index (κ3) is 4.73. The molecule has 0 N–H and O–H groups in total. The number of ether oxygens (including phenoxy) is 2. The summed E-state index contributed by atoms with van der Waals surface area (Å²) in [6, 6.07) is 22.0. The average molecular weight is 511 g/mol. The van der Waals surface area contributed by atoms with Gasteiger partial charge < -0.3 is 18.8 Å². The summed E-state index contributed by atoms with van der Waals surface area (Å²) in [7, 11) is 5.10. The Kier molecular flexibility index (Phi) is 6.66. The van der Waals surface area contributed by atoms with Crippen molar-refractivity contribution in [1.82, 2.24) is 9.66 Å². The van der Waals surface area contributed by atoms with Crippen molar-refractivity contribution in [2.75, 3.05) is 26.1 Å². The van der Waals surface area contributed by atoms with Gasteiger partial charge >= 0.3 is 5.97 Å². The molecule has 0 aliphatic rings. The summed E-state index contributed by atoms with van der Waals surface area (Å²) in [5, 5.41) is 5.83. The molecule has 1 atom stereocenters. The van der Waals surface area contributed by atoms with Crippen LogP contribution in [-0.4, -0.2) is 49.2 Å². The fourth-order valence-corrected chi connectivity index (χ4v) is 4.02. The van der Waals surface area contributed by atoms with Crippen LogP contribution in [0.1, 0.15) is 12.5 Å². The Morgan fingerprint density at radius 2 is 1.84 bits per heavy atom. The van der Waals surface area contributed by atoms with Crippen molar-refractivity contribution < 1.29 is 18.7 Å². The summed E-state index contributed by atoms with van der Waals surface area (Å²) in [6.07, 6.45) is 0.656. The summed E-state index contributed by atoms with van der Waals surface area (Å²) in [6.45, 7) is 1.60. The molecule has 5 aromatic rings. The molecule has 0 saturated heterocycles. The first kappa shape index (κ1) is 24.8. The van der Waals surface area contributed by atoms with Gasteiger partial charge in [0.2, 0.25) is 5.82 Å². The fourth-order valence-electron chi connectivity index (χ4n) is 4.02. The minimum absolute atomic E-state index is 0.261. The van der Waals surface area contributed by atoms with Crippen LogP contribution in [0.25, 0.3) is 33.5 Å². The second-order valence-corrected chi connectivity index (χ2v) is 8.86. The zero-order valence-electron chi connectivity index (χ0n) is 21.4. The highest BCUT2D eigenvalue weighted by atomic mass is 16.6. The zero-order valence-corrected chi connectivity index (χ0v) is 21.4. The van der Waals surface area contributed by atoms with Gasteiger partial charge in [0.05, 0.1) is 24.2 Å². The number of aromatic nitrogens is 2. The first-order valence-electron chi connectivity index (χ1n) is 12.0. The molecular weight excluding hydrogens is 484 g/mol. The van der Waals surface area contributed by atoms with Crippen LogP contribution in [0.3, 0.4) is 0 Å². The maximum Gasteiger partial charge on any atom is 0.346 e. The number of hydrogen-bond donors (Lipinski definition) is 0. The minimum atomic E-state index is -0.847. The summed E-state index contributed by atoms with van der Waals surface area (Å²) in [5.74, 6) is 0.566. The van der Waals surface area contributed by atoms with Crippen LogP contribution < -0.4 is 15.2 Å². The number of nitrogens with zero attached hydrogens (tertiary/aromatic N) is 4. The number of anilines is 1. The number of benzene rings is 3. The van der Waals surface area contributed by atoms with E-state index in [1.165, 1.54) is 18.0 Å². The normalized spacial score (nSPS) is 12.2. The Labute approximate surface area is 218 Å². The van der Waals surface area contributed by atoms with Crippen molar-refractivity contribution in [3.63, 3.8) is 0 Å². The van der Waals surface area contributed by atoms with E-state index in [0.29, 0.717) is 33.6 Å². The number of fused-ring (bicyclic) bond motifs is 2. The van der Waals surface area contributed by atoms with E-state index in [1.807, 2.05) is 61.5 Å². The standard InChI is InChI=1S/C29H26N4O5/c1-18(29(35)36-4)37-25-16-21(32(2)3)14-13-20(25)17-30-33-27(26-15-19-9-5-8-12-24(19)38-26)31-23-11-7-6-10-22(23)28(33)34/h5-18H,1-4H3/t18-/m1/s1. The molecule has 0 bridgehead atoms. The fraction of sp³-hybridized carbons (Fsp3) is 0.172. The van der Waals surface area contributed by atoms with E-state index in [4.69, 9.17) is 18.9 Å². The number of hydrogen-bond acceptors (Lipinski definition) is 8. The van der Waals surface area contributed by atoms with Gasteiger partial charge in [-0.2, -0.15) is 9.78 Å². The molecule has 0 saturated carbocycles. The topological polar surface area (TPSA) is 99.2 Å². The number of rotatable bonds is 7. The third-order valence-electron chi connectivity index (χ3n) is 6.06. The molecule has 9 heteroatoms. The lowest BCUT2D eigenvalue weighted by molar-refractivity contribution is -0.147. The van der Waals surface area contributed by atoms with Gasteiger partial charge in [-0.3, -0.25) is 4.79 Å². The summed E-state index contributed by atoms with van der Waals surface area (Å²) < 4.78 is 18.0. The van der Waals surface area contributed by atoms with E-state index < -0.39 is 12.1 Å². The Morgan fingerprint density at radius 3 is 2.61 bits per heavy atom. The number of para-hydroxylation sites is 2. The van der Waals surface area contributed by atoms with Crippen molar-refractivity contribution in [3.8, 4) is 17.3 Å². The van der Waals surface area contributed by atoms with E-state index in [2.05, 4.69) is 5.10 Å². The number of esters is 1. The highest BCUT2D eigenvalue weighted by Crippen LogP contribution is 2.28. The van der Waals surface area contributed by atoms with E-state index >= 15 is 0 Å². The number of methoxy groups -OCH3 is 1. The van der Waals surface area contributed by atoms with Crippen LogP contribution in [0.4, 0.5) is 5.69 Å². The molecule has 0 amide bonds. The third-order valence-corrected chi connectivity index (χ3v) is 6.06. The van der Waals surface area contributed by atoms with Crippen molar-refractivity contribution in [2.45, 2.75) is 13.0 Å². The van der Waals surface area contributed by atoms with Crippen molar-refractivity contribution in [3.05, 3.63) is 88.7 Å². The van der Waals surface area contributed by atoms with Crippen molar-refractivity contribution in [2.24, 2.45) is 5.10 Å². The van der Waals surface area contributed by atoms with Gasteiger partial charge in [-0.15, -0.1) is 0 Å². The molecular formula is C29H26N4O5. The predicted octanol–water partition coefficient (Wildman–Crippen LogP) is 4.70. The van der Waals surface area contributed by atoms with Gasteiger partial charge in [0.25, 0.3) is 5.56 Å². The molecule has 0 fully saturated rings. The lowest BCUT2D eigenvalue weighted by Gasteiger charge is -2.18. The lowest BCUT2D eigenvalue weighted by Crippen LogP contribution is -2.25. The minimum Gasteiger partial charge on any atom is -0.478 e. The van der Waals surface area contributed by atoms with Gasteiger partial charge in [-0.1, -0.05) is 30.3 Å². The van der Waals surface area contributed by atoms with Crippen LogP contribution in [0.5, 0.6) is 5.75 Å². The second-order valence-electron chi connectivity index (χ2n) is 8.86. The molecule has 0 aliphatic heterocycles. The Bertz CT molecular complexity index is 1700. The van der Waals surface area contributed by atoms with Crippen LogP contribution in [0.2, 0.25) is 0 Å². The van der Waals surface area contributed by atoms with Crippen LogP contribution >= 0.6 is 0 Å². The molecule has 2 heterocycles. The predicted molar refractivity (Wildman–Crippen MR) is 147 cm³/mol. The van der Waals surface area contributed by atoms with E-state index in [0.717, 1.165) is 11.1 Å². The monoisotopic (exact) mass is 510 g/mol. The van der Waals surface area contributed by atoms with E-state index in [1.54, 1.807) is 37.3 Å². The molecule has 0 spiro atoms. The molecule has 0 unspecified atom stereocenters. The van der Waals surface area contributed by atoms with Gasteiger partial charge in [0.1, 0.15) is 11.3 Å². The first-order chi connectivity index (χ1) is 18.4. The average Bonchev–Trinajstić information content (AvgIpc) is 3.36. The molecule has 9 nitrogen and oxygen atoms in total. The molecule has 0 aliphatic carbocycles. The molecule has 192 valence electrons. The number of carbonyl (C=O) groups is 1. The van der Waals surface area contributed by atoms with Crippen LogP contribution in [0, 0.1) is 0 Å². The zero-order chi connectivity index (χ0) is 26.8. The van der Waals surface area contributed by atoms with Gasteiger partial charge in [-0.05, 0) is 43.3 Å². The Balaban J connectivity index is 1.65. The Morgan fingerprint density at radius 1 is 1.08 bits per heavy atom. The van der Waals surface area contributed by atoms with Crippen molar-refractivity contribution >= 4 is 39.7 Å². The number of carbonyl (C=O) groups excluding carboxylic acids is 1. The molecule has 0 radical (unpaired) electrons. The highest BCUT2D eigenvalue weighted by Gasteiger charge is 2.19. The van der Waals surface area contributed by atoms with Crippen molar-refractivity contribution in [1.29, 1.82) is 0 Å². The molecule has 2 aromatic heterocycles. The molecule has 5 rings (SSSR count). The molecule has 38 heavy (non-hydrogen) atoms.